The molecule has 0 aromatic heterocycles. The maximum Gasteiger partial charge on any atom is 0.123 e. The molecule has 0 spiro atoms. The van der Waals surface area contributed by atoms with Gasteiger partial charge in [-0.2, -0.15) is 0 Å². The van der Waals surface area contributed by atoms with Gasteiger partial charge in [-0.05, 0) is 67.2 Å². The number of nitrogens with two attached hydrogens (primary N) is 1. The van der Waals surface area contributed by atoms with Gasteiger partial charge in [0.25, 0.3) is 0 Å². The van der Waals surface area contributed by atoms with Crippen molar-refractivity contribution < 1.29 is 4.39 Å². The Morgan fingerprint density at radius 2 is 1.89 bits per heavy atom. The molecule has 1 fully saturated rings. The minimum Gasteiger partial charge on any atom is -0.330 e. The van der Waals surface area contributed by atoms with Crippen molar-refractivity contribution in [3.63, 3.8) is 0 Å². The van der Waals surface area contributed by atoms with E-state index in [1.807, 2.05) is 12.1 Å². The minimum atomic E-state index is -0.155. The molecular formula is C16H24FN. The van der Waals surface area contributed by atoms with E-state index in [0.717, 1.165) is 13.0 Å². The number of hydrogen-bond acceptors (Lipinski definition) is 1. The van der Waals surface area contributed by atoms with Crippen molar-refractivity contribution in [3.8, 4) is 0 Å². The van der Waals surface area contributed by atoms with Gasteiger partial charge in [0.2, 0.25) is 0 Å². The second-order valence-electron chi connectivity index (χ2n) is 6.49. The average Bonchev–Trinajstić information content (AvgIpc) is 2.31. The zero-order valence-electron chi connectivity index (χ0n) is 11.5. The summed E-state index contributed by atoms with van der Waals surface area (Å²) in [5, 5.41) is 0. The third kappa shape index (κ3) is 3.32. The highest BCUT2D eigenvalue weighted by atomic mass is 19.1. The molecule has 0 saturated heterocycles. The van der Waals surface area contributed by atoms with Crippen LogP contribution in [0.2, 0.25) is 0 Å². The van der Waals surface area contributed by atoms with Gasteiger partial charge in [0.15, 0.2) is 0 Å². The first-order valence-corrected chi connectivity index (χ1v) is 6.95. The Balaban J connectivity index is 2.07. The van der Waals surface area contributed by atoms with Crippen LogP contribution in [0.5, 0.6) is 0 Å². The van der Waals surface area contributed by atoms with E-state index in [1.54, 1.807) is 12.1 Å². The van der Waals surface area contributed by atoms with Crippen LogP contribution < -0.4 is 5.73 Å². The van der Waals surface area contributed by atoms with Gasteiger partial charge in [-0.25, -0.2) is 4.39 Å². The first-order valence-electron chi connectivity index (χ1n) is 6.95. The van der Waals surface area contributed by atoms with Gasteiger partial charge >= 0.3 is 0 Å². The predicted octanol–water partition coefficient (Wildman–Crippen LogP) is 3.77. The molecule has 1 aliphatic carbocycles. The molecule has 100 valence electrons. The highest BCUT2D eigenvalue weighted by Gasteiger charge is 2.33. The summed E-state index contributed by atoms with van der Waals surface area (Å²) in [6.07, 6.45) is 4.77. The summed E-state index contributed by atoms with van der Waals surface area (Å²) in [6.45, 7) is 5.47. The lowest BCUT2D eigenvalue weighted by atomic mass is 9.65. The fraction of sp³-hybridized carbons (Fsp3) is 0.625. The summed E-state index contributed by atoms with van der Waals surface area (Å²) in [5.74, 6) is 1.12. The van der Waals surface area contributed by atoms with E-state index in [1.165, 1.54) is 24.8 Å². The lowest BCUT2D eigenvalue weighted by molar-refractivity contribution is 0.121. The molecule has 2 rings (SSSR count). The molecule has 1 nitrogen and oxygen atoms in total. The Labute approximate surface area is 110 Å². The maximum absolute atomic E-state index is 12.9. The molecule has 0 aliphatic heterocycles. The zero-order chi connectivity index (χ0) is 13.2. The monoisotopic (exact) mass is 249 g/mol. The topological polar surface area (TPSA) is 26.0 Å². The molecular weight excluding hydrogens is 225 g/mol. The van der Waals surface area contributed by atoms with Gasteiger partial charge in [-0.15, -0.1) is 0 Å². The predicted molar refractivity (Wildman–Crippen MR) is 73.8 cm³/mol. The molecule has 0 heterocycles. The van der Waals surface area contributed by atoms with E-state index in [4.69, 9.17) is 5.73 Å². The maximum atomic E-state index is 12.9. The van der Waals surface area contributed by atoms with Crippen LogP contribution in [0.4, 0.5) is 4.39 Å². The number of halogens is 1. The van der Waals surface area contributed by atoms with Crippen molar-refractivity contribution in [2.75, 3.05) is 6.54 Å². The lowest BCUT2D eigenvalue weighted by Gasteiger charge is -2.40. The van der Waals surface area contributed by atoms with Crippen LogP contribution in [-0.4, -0.2) is 6.54 Å². The van der Waals surface area contributed by atoms with Crippen LogP contribution in [0.3, 0.4) is 0 Å². The van der Waals surface area contributed by atoms with Crippen molar-refractivity contribution in [1.29, 1.82) is 0 Å². The molecule has 1 aliphatic rings. The second-order valence-corrected chi connectivity index (χ2v) is 6.49. The van der Waals surface area contributed by atoms with Crippen molar-refractivity contribution in [2.24, 2.45) is 23.0 Å². The van der Waals surface area contributed by atoms with E-state index in [9.17, 15) is 4.39 Å². The first kappa shape index (κ1) is 13.5. The molecule has 2 heteroatoms. The van der Waals surface area contributed by atoms with Crippen LogP contribution in [0.15, 0.2) is 24.3 Å². The molecule has 1 aromatic carbocycles. The Hall–Kier alpha value is -0.890. The van der Waals surface area contributed by atoms with Crippen LogP contribution in [0, 0.1) is 23.1 Å². The minimum absolute atomic E-state index is 0.155. The van der Waals surface area contributed by atoms with Gasteiger partial charge in [0.05, 0.1) is 0 Å². The number of rotatable bonds is 3. The third-order valence-electron chi connectivity index (χ3n) is 4.39. The van der Waals surface area contributed by atoms with Crippen molar-refractivity contribution >= 4 is 0 Å². The normalized spacial score (nSPS) is 27.1. The number of benzene rings is 1. The fourth-order valence-corrected chi connectivity index (χ4v) is 3.26. The Morgan fingerprint density at radius 3 is 2.50 bits per heavy atom. The van der Waals surface area contributed by atoms with Gasteiger partial charge in [-0.3, -0.25) is 0 Å². The highest BCUT2D eigenvalue weighted by Crippen LogP contribution is 2.42. The summed E-state index contributed by atoms with van der Waals surface area (Å²) in [4.78, 5) is 0. The second kappa shape index (κ2) is 5.40. The summed E-state index contributed by atoms with van der Waals surface area (Å²) in [7, 11) is 0. The molecule has 0 amide bonds. The Bertz CT molecular complexity index is 383. The molecule has 2 atom stereocenters. The molecule has 2 unspecified atom stereocenters. The van der Waals surface area contributed by atoms with E-state index < -0.39 is 0 Å². The largest absolute Gasteiger partial charge is 0.330 e. The molecule has 2 N–H and O–H groups in total. The van der Waals surface area contributed by atoms with Crippen molar-refractivity contribution in [3.05, 3.63) is 35.6 Å². The Kier molecular flexibility index (Phi) is 4.06. The van der Waals surface area contributed by atoms with Crippen molar-refractivity contribution in [1.82, 2.24) is 0 Å². The van der Waals surface area contributed by atoms with E-state index in [-0.39, 0.29) is 5.82 Å². The van der Waals surface area contributed by atoms with Gasteiger partial charge in [-0.1, -0.05) is 26.0 Å². The van der Waals surface area contributed by atoms with Crippen molar-refractivity contribution in [2.45, 2.75) is 39.5 Å². The van der Waals surface area contributed by atoms with Gasteiger partial charge in [0, 0.05) is 0 Å². The Morgan fingerprint density at radius 1 is 1.22 bits per heavy atom. The SMILES string of the molecule is CC1(C)CCC(CN)C(Cc2ccc(F)cc2)C1. The standard InChI is InChI=1S/C16H24FN/c1-16(2)8-7-13(11-18)14(10-16)9-12-3-5-15(17)6-4-12/h3-6,13-14H,7-11,18H2,1-2H3. The highest BCUT2D eigenvalue weighted by molar-refractivity contribution is 5.17. The lowest BCUT2D eigenvalue weighted by Crippen LogP contribution is -2.35. The van der Waals surface area contributed by atoms with Gasteiger partial charge < -0.3 is 5.73 Å². The molecule has 0 radical (unpaired) electrons. The van der Waals surface area contributed by atoms with Crippen LogP contribution in [0.25, 0.3) is 0 Å². The molecule has 1 saturated carbocycles. The van der Waals surface area contributed by atoms with Crippen LogP contribution in [0.1, 0.15) is 38.7 Å². The number of hydrogen-bond donors (Lipinski definition) is 1. The summed E-state index contributed by atoms with van der Waals surface area (Å²) in [6, 6.07) is 6.93. The van der Waals surface area contributed by atoms with Crippen LogP contribution >= 0.6 is 0 Å². The molecule has 0 bridgehead atoms. The fourth-order valence-electron chi connectivity index (χ4n) is 3.26. The molecule has 18 heavy (non-hydrogen) atoms. The van der Waals surface area contributed by atoms with E-state index in [2.05, 4.69) is 13.8 Å². The first-order chi connectivity index (χ1) is 8.50. The van der Waals surface area contributed by atoms with E-state index >= 15 is 0 Å². The third-order valence-corrected chi connectivity index (χ3v) is 4.39. The summed E-state index contributed by atoms with van der Waals surface area (Å²) in [5.41, 5.74) is 7.56. The average molecular weight is 249 g/mol. The molecule has 1 aromatic rings. The van der Waals surface area contributed by atoms with Crippen LogP contribution in [-0.2, 0) is 6.42 Å². The summed E-state index contributed by atoms with van der Waals surface area (Å²) >= 11 is 0. The quantitative estimate of drug-likeness (QED) is 0.867. The van der Waals surface area contributed by atoms with Gasteiger partial charge in [0.1, 0.15) is 5.82 Å². The smallest absolute Gasteiger partial charge is 0.123 e. The van der Waals surface area contributed by atoms with E-state index in [0.29, 0.717) is 17.3 Å². The zero-order valence-corrected chi connectivity index (χ0v) is 11.5. The summed E-state index contributed by atoms with van der Waals surface area (Å²) < 4.78 is 12.9.